The van der Waals surface area contributed by atoms with Gasteiger partial charge in [-0.3, -0.25) is 4.90 Å². The number of rotatable bonds is 5. The Kier molecular flexibility index (Phi) is 5.03. The Morgan fingerprint density at radius 2 is 2.04 bits per heavy atom. The maximum Gasteiger partial charge on any atom is 0.170 e. The van der Waals surface area contributed by atoms with Crippen molar-refractivity contribution in [2.75, 3.05) is 26.8 Å². The van der Waals surface area contributed by atoms with E-state index in [9.17, 15) is 0 Å². The number of para-hydroxylation sites is 1. The number of ether oxygens (including phenoxy) is 1. The number of methoxy groups -OCH3 is 1. The van der Waals surface area contributed by atoms with E-state index < -0.39 is 0 Å². The second-order valence-corrected chi connectivity index (χ2v) is 6.45. The summed E-state index contributed by atoms with van der Waals surface area (Å²) in [6, 6.07) is 6.27. The molecule has 0 bridgehead atoms. The molecule has 1 atom stereocenters. The van der Waals surface area contributed by atoms with Gasteiger partial charge >= 0.3 is 0 Å². The van der Waals surface area contributed by atoms with Gasteiger partial charge in [0.05, 0.1) is 18.8 Å². The van der Waals surface area contributed by atoms with E-state index in [-0.39, 0.29) is 0 Å². The quantitative estimate of drug-likeness (QED) is 0.846. The Morgan fingerprint density at radius 3 is 2.78 bits per heavy atom. The molecule has 6 heteroatoms. The molecule has 1 fully saturated rings. The fourth-order valence-electron chi connectivity index (χ4n) is 3.48. The summed E-state index contributed by atoms with van der Waals surface area (Å²) >= 11 is 0. The Balaban J connectivity index is 1.79. The zero-order chi connectivity index (χ0) is 16.2. The summed E-state index contributed by atoms with van der Waals surface area (Å²) in [6.45, 7) is 7.96. The van der Waals surface area contributed by atoms with Crippen LogP contribution in [0, 0.1) is 19.8 Å². The Bertz CT molecular complexity index is 632. The molecule has 0 saturated carbocycles. The maximum absolute atomic E-state index is 5.32. The summed E-state index contributed by atoms with van der Waals surface area (Å²) in [5.41, 5.74) is 3.47. The van der Waals surface area contributed by atoms with Gasteiger partial charge in [0.15, 0.2) is 5.82 Å². The van der Waals surface area contributed by atoms with Gasteiger partial charge in [-0.25, -0.2) is 0 Å². The van der Waals surface area contributed by atoms with Gasteiger partial charge in [-0.2, -0.15) is 4.68 Å². The number of aryl methyl sites for hydroxylation is 2. The normalized spacial score (nSPS) is 19.2. The van der Waals surface area contributed by atoms with E-state index >= 15 is 0 Å². The summed E-state index contributed by atoms with van der Waals surface area (Å²) in [5, 5.41) is 12.4. The van der Waals surface area contributed by atoms with E-state index in [1.54, 1.807) is 7.11 Å². The number of hydrogen-bond donors (Lipinski definition) is 0. The van der Waals surface area contributed by atoms with Gasteiger partial charge in [-0.1, -0.05) is 18.2 Å². The predicted octanol–water partition coefficient (Wildman–Crippen LogP) is 2.14. The monoisotopic (exact) mass is 315 g/mol. The molecule has 1 aliphatic heterocycles. The van der Waals surface area contributed by atoms with E-state index in [0.717, 1.165) is 37.8 Å². The highest BCUT2D eigenvalue weighted by Gasteiger charge is 2.22. The lowest BCUT2D eigenvalue weighted by atomic mass is 9.99. The van der Waals surface area contributed by atoms with Gasteiger partial charge < -0.3 is 4.74 Å². The lowest BCUT2D eigenvalue weighted by Crippen LogP contribution is -2.37. The summed E-state index contributed by atoms with van der Waals surface area (Å²) in [7, 11) is 1.78. The number of benzene rings is 1. The van der Waals surface area contributed by atoms with Crippen LogP contribution in [0.15, 0.2) is 18.2 Å². The summed E-state index contributed by atoms with van der Waals surface area (Å²) < 4.78 is 7.21. The second kappa shape index (κ2) is 7.19. The van der Waals surface area contributed by atoms with Crippen LogP contribution in [0.25, 0.3) is 5.69 Å². The number of piperidine rings is 1. The molecule has 1 aromatic carbocycles. The van der Waals surface area contributed by atoms with Crippen LogP contribution in [-0.2, 0) is 11.3 Å². The molecule has 1 aliphatic rings. The molecule has 2 aromatic rings. The van der Waals surface area contributed by atoms with Gasteiger partial charge in [0.1, 0.15) is 0 Å². The molecule has 1 saturated heterocycles. The number of nitrogens with zero attached hydrogens (tertiary/aromatic N) is 5. The van der Waals surface area contributed by atoms with Crippen molar-refractivity contribution in [1.29, 1.82) is 0 Å². The summed E-state index contributed by atoms with van der Waals surface area (Å²) in [6.07, 6.45) is 2.45. The fraction of sp³-hybridized carbons (Fsp3) is 0.588. The van der Waals surface area contributed by atoms with Gasteiger partial charge in [-0.15, -0.1) is 5.10 Å². The smallest absolute Gasteiger partial charge is 0.170 e. The first-order valence-corrected chi connectivity index (χ1v) is 8.24. The molecule has 6 nitrogen and oxygen atoms in total. The SMILES string of the molecule is COC[C@@H]1CCCN(Cc2nnnn2-c2c(C)cccc2C)C1. The van der Waals surface area contributed by atoms with E-state index in [0.29, 0.717) is 5.92 Å². The van der Waals surface area contributed by atoms with Crippen molar-refractivity contribution in [3.63, 3.8) is 0 Å². The molecule has 3 rings (SSSR count). The first-order valence-electron chi connectivity index (χ1n) is 8.24. The fourth-order valence-corrected chi connectivity index (χ4v) is 3.48. The van der Waals surface area contributed by atoms with Gasteiger partial charge in [0, 0.05) is 13.7 Å². The largest absolute Gasteiger partial charge is 0.384 e. The first-order chi connectivity index (χ1) is 11.2. The molecule has 0 radical (unpaired) electrons. The lowest BCUT2D eigenvalue weighted by molar-refractivity contribution is 0.0858. The highest BCUT2D eigenvalue weighted by Crippen LogP contribution is 2.21. The lowest BCUT2D eigenvalue weighted by Gasteiger charge is -2.31. The Labute approximate surface area is 137 Å². The molecule has 0 N–H and O–H groups in total. The third-order valence-electron chi connectivity index (χ3n) is 4.56. The van der Waals surface area contributed by atoms with Crippen LogP contribution < -0.4 is 0 Å². The van der Waals surface area contributed by atoms with Crippen LogP contribution in [0.1, 0.15) is 29.8 Å². The van der Waals surface area contributed by atoms with Crippen molar-refractivity contribution >= 4 is 0 Å². The van der Waals surface area contributed by atoms with Crippen molar-refractivity contribution in [2.45, 2.75) is 33.2 Å². The second-order valence-electron chi connectivity index (χ2n) is 6.45. The average Bonchev–Trinajstić information content (AvgIpc) is 2.96. The third kappa shape index (κ3) is 3.59. The van der Waals surface area contributed by atoms with Crippen LogP contribution in [0.4, 0.5) is 0 Å². The molecule has 0 aliphatic carbocycles. The van der Waals surface area contributed by atoms with Crippen LogP contribution in [0.2, 0.25) is 0 Å². The topological polar surface area (TPSA) is 56.1 Å². The number of hydrogen-bond acceptors (Lipinski definition) is 5. The van der Waals surface area contributed by atoms with E-state index in [4.69, 9.17) is 4.74 Å². The van der Waals surface area contributed by atoms with Gasteiger partial charge in [-0.05, 0) is 60.7 Å². The van der Waals surface area contributed by atoms with Crippen LogP contribution in [0.3, 0.4) is 0 Å². The molecule has 23 heavy (non-hydrogen) atoms. The molecule has 0 amide bonds. The molecule has 124 valence electrons. The van der Waals surface area contributed by atoms with Gasteiger partial charge in [0.25, 0.3) is 0 Å². The number of likely N-dealkylation sites (tertiary alicyclic amines) is 1. The average molecular weight is 315 g/mol. The van der Waals surface area contributed by atoms with E-state index in [1.807, 2.05) is 4.68 Å². The van der Waals surface area contributed by atoms with Crippen LogP contribution >= 0.6 is 0 Å². The van der Waals surface area contributed by atoms with Crippen molar-refractivity contribution in [3.8, 4) is 5.69 Å². The Hall–Kier alpha value is -1.79. The minimum absolute atomic E-state index is 0.610. The Morgan fingerprint density at radius 1 is 1.26 bits per heavy atom. The molecule has 2 heterocycles. The van der Waals surface area contributed by atoms with E-state index in [1.165, 1.54) is 24.0 Å². The van der Waals surface area contributed by atoms with Crippen LogP contribution in [-0.4, -0.2) is 51.9 Å². The first kappa shape index (κ1) is 16.1. The molecule has 0 spiro atoms. The van der Waals surface area contributed by atoms with Crippen molar-refractivity contribution in [3.05, 3.63) is 35.2 Å². The van der Waals surface area contributed by atoms with Gasteiger partial charge in [0.2, 0.25) is 0 Å². The summed E-state index contributed by atoms with van der Waals surface area (Å²) in [4.78, 5) is 2.43. The van der Waals surface area contributed by atoms with Crippen molar-refractivity contribution in [2.24, 2.45) is 5.92 Å². The third-order valence-corrected chi connectivity index (χ3v) is 4.56. The minimum atomic E-state index is 0.610. The minimum Gasteiger partial charge on any atom is -0.384 e. The zero-order valence-electron chi connectivity index (χ0n) is 14.2. The molecular weight excluding hydrogens is 290 g/mol. The van der Waals surface area contributed by atoms with E-state index in [2.05, 4.69) is 52.5 Å². The van der Waals surface area contributed by atoms with Crippen molar-refractivity contribution in [1.82, 2.24) is 25.1 Å². The van der Waals surface area contributed by atoms with Crippen molar-refractivity contribution < 1.29 is 4.74 Å². The highest BCUT2D eigenvalue weighted by molar-refractivity contribution is 5.46. The highest BCUT2D eigenvalue weighted by atomic mass is 16.5. The molecule has 0 unspecified atom stereocenters. The predicted molar refractivity (Wildman–Crippen MR) is 88.5 cm³/mol. The zero-order valence-corrected chi connectivity index (χ0v) is 14.2. The number of aromatic nitrogens is 4. The standard InChI is InChI=1S/C17H25N5O/c1-13-6-4-7-14(2)17(13)22-16(18-19-20-22)11-21-9-5-8-15(10-21)12-23-3/h4,6-7,15H,5,8-12H2,1-3H3/t15-/m1/s1. The maximum atomic E-state index is 5.32. The number of tetrazole rings is 1. The van der Waals surface area contributed by atoms with Crippen LogP contribution in [0.5, 0.6) is 0 Å². The molecular formula is C17H25N5O. The molecule has 1 aromatic heterocycles. The summed E-state index contributed by atoms with van der Waals surface area (Å²) in [5.74, 6) is 1.51.